The summed E-state index contributed by atoms with van der Waals surface area (Å²) in [5, 5.41) is 11.7. The SMILES string of the molecule is COc1ccc(C(OCC(C)c2cc(Br)ccc2[N+](=O)[O-])(c2ccccc2)c2ccc(OC)cc2)cc1. The molecule has 0 fully saturated rings. The van der Waals surface area contributed by atoms with E-state index in [1.54, 1.807) is 26.4 Å². The van der Waals surface area contributed by atoms with Crippen LogP contribution in [0.4, 0.5) is 5.69 Å². The van der Waals surface area contributed by atoms with Crippen molar-refractivity contribution in [1.82, 2.24) is 0 Å². The van der Waals surface area contributed by atoms with Crippen molar-refractivity contribution < 1.29 is 19.1 Å². The lowest BCUT2D eigenvalue weighted by Gasteiger charge is -2.37. The van der Waals surface area contributed by atoms with Crippen LogP contribution in [0.15, 0.2) is 102 Å². The highest BCUT2D eigenvalue weighted by Crippen LogP contribution is 2.43. The molecule has 4 rings (SSSR count). The van der Waals surface area contributed by atoms with E-state index < -0.39 is 5.60 Å². The van der Waals surface area contributed by atoms with E-state index in [2.05, 4.69) is 15.9 Å². The van der Waals surface area contributed by atoms with Crippen LogP contribution >= 0.6 is 15.9 Å². The molecule has 0 saturated heterocycles. The van der Waals surface area contributed by atoms with Gasteiger partial charge in [-0.2, -0.15) is 0 Å². The Hall–Kier alpha value is -3.68. The first kappa shape index (κ1) is 26.4. The molecule has 6 nitrogen and oxygen atoms in total. The molecule has 4 aromatic carbocycles. The molecule has 7 heteroatoms. The predicted octanol–water partition coefficient (Wildman–Crippen LogP) is 7.49. The van der Waals surface area contributed by atoms with Crippen LogP contribution in [0.1, 0.15) is 35.1 Å². The highest BCUT2D eigenvalue weighted by atomic mass is 79.9. The molecule has 1 atom stereocenters. The van der Waals surface area contributed by atoms with Crippen LogP contribution in [-0.4, -0.2) is 25.7 Å². The Kier molecular flexibility index (Phi) is 8.26. The van der Waals surface area contributed by atoms with Gasteiger partial charge in [0.05, 0.1) is 25.7 Å². The highest BCUT2D eigenvalue weighted by molar-refractivity contribution is 9.10. The molecule has 0 heterocycles. The van der Waals surface area contributed by atoms with E-state index in [1.165, 1.54) is 6.07 Å². The number of nitro benzene ring substituents is 1. The van der Waals surface area contributed by atoms with Gasteiger partial charge in [-0.15, -0.1) is 0 Å². The minimum absolute atomic E-state index is 0.0681. The molecular weight excluding hydrogens is 534 g/mol. The minimum atomic E-state index is -0.991. The zero-order valence-electron chi connectivity index (χ0n) is 20.9. The number of hydrogen-bond acceptors (Lipinski definition) is 5. The van der Waals surface area contributed by atoms with E-state index in [-0.39, 0.29) is 23.1 Å². The van der Waals surface area contributed by atoms with Crippen molar-refractivity contribution in [3.8, 4) is 11.5 Å². The van der Waals surface area contributed by atoms with Crippen LogP contribution in [0.3, 0.4) is 0 Å². The average molecular weight is 562 g/mol. The highest BCUT2D eigenvalue weighted by Gasteiger charge is 2.38. The van der Waals surface area contributed by atoms with Crippen molar-refractivity contribution in [2.75, 3.05) is 20.8 Å². The van der Waals surface area contributed by atoms with Crippen LogP contribution in [0.2, 0.25) is 0 Å². The van der Waals surface area contributed by atoms with Crippen LogP contribution < -0.4 is 9.47 Å². The quantitative estimate of drug-likeness (QED) is 0.114. The zero-order valence-corrected chi connectivity index (χ0v) is 22.5. The first-order chi connectivity index (χ1) is 17.9. The molecule has 37 heavy (non-hydrogen) atoms. The van der Waals surface area contributed by atoms with Gasteiger partial charge in [0.1, 0.15) is 17.1 Å². The molecule has 0 aliphatic heterocycles. The average Bonchev–Trinajstić information content (AvgIpc) is 2.94. The van der Waals surface area contributed by atoms with Crippen LogP contribution in [0, 0.1) is 10.1 Å². The molecule has 190 valence electrons. The van der Waals surface area contributed by atoms with Gasteiger partial charge < -0.3 is 14.2 Å². The summed E-state index contributed by atoms with van der Waals surface area (Å²) in [6, 6.07) is 30.5. The zero-order chi connectivity index (χ0) is 26.4. The summed E-state index contributed by atoms with van der Waals surface area (Å²) in [6.45, 7) is 2.16. The topological polar surface area (TPSA) is 70.8 Å². The summed E-state index contributed by atoms with van der Waals surface area (Å²) in [5.74, 6) is 1.20. The molecule has 4 aromatic rings. The van der Waals surface area contributed by atoms with E-state index in [4.69, 9.17) is 14.2 Å². The third-order valence-electron chi connectivity index (χ3n) is 6.44. The first-order valence-corrected chi connectivity index (χ1v) is 12.6. The van der Waals surface area contributed by atoms with Crippen LogP contribution in [0.25, 0.3) is 0 Å². The Morgan fingerprint density at radius 3 is 1.81 bits per heavy atom. The van der Waals surface area contributed by atoms with Crippen molar-refractivity contribution in [2.24, 2.45) is 0 Å². The fourth-order valence-corrected chi connectivity index (χ4v) is 4.88. The second-order valence-corrected chi connectivity index (χ2v) is 9.59. The lowest BCUT2D eigenvalue weighted by Crippen LogP contribution is -2.34. The molecule has 0 spiro atoms. The predicted molar refractivity (Wildman–Crippen MR) is 147 cm³/mol. The lowest BCUT2D eigenvalue weighted by atomic mass is 9.79. The third kappa shape index (κ3) is 5.53. The second kappa shape index (κ2) is 11.6. The molecule has 0 aromatic heterocycles. The standard InChI is InChI=1S/C30H28BrNO5/c1-21(28-19-25(31)13-18-29(28)32(33)34)20-37-30(22-7-5-4-6-8-22,23-9-14-26(35-2)15-10-23)24-11-16-27(36-3)17-12-24/h4-19,21H,20H2,1-3H3. The van der Waals surface area contributed by atoms with E-state index >= 15 is 0 Å². The third-order valence-corrected chi connectivity index (χ3v) is 6.93. The monoisotopic (exact) mass is 561 g/mol. The molecule has 0 bridgehead atoms. The van der Waals surface area contributed by atoms with E-state index in [9.17, 15) is 10.1 Å². The smallest absolute Gasteiger partial charge is 0.273 e. The molecule has 0 aliphatic rings. The maximum Gasteiger partial charge on any atom is 0.273 e. The van der Waals surface area contributed by atoms with Crippen molar-refractivity contribution in [2.45, 2.75) is 18.4 Å². The molecule has 0 radical (unpaired) electrons. The number of methoxy groups -OCH3 is 2. The number of rotatable bonds is 10. The van der Waals surface area contributed by atoms with Crippen molar-refractivity contribution in [3.05, 3.63) is 134 Å². The number of nitro groups is 1. The Morgan fingerprint density at radius 2 is 1.32 bits per heavy atom. The maximum atomic E-state index is 11.7. The van der Waals surface area contributed by atoms with Gasteiger partial charge in [-0.3, -0.25) is 10.1 Å². The van der Waals surface area contributed by atoms with Gasteiger partial charge in [-0.25, -0.2) is 0 Å². The number of halogens is 1. The molecule has 1 unspecified atom stereocenters. The van der Waals surface area contributed by atoms with Crippen LogP contribution in [-0.2, 0) is 10.3 Å². The van der Waals surface area contributed by atoms with Gasteiger partial charge in [-0.1, -0.05) is 77.5 Å². The Labute approximate surface area is 225 Å². The summed E-state index contributed by atoms with van der Waals surface area (Å²) < 4.78 is 18.5. The van der Waals surface area contributed by atoms with Gasteiger partial charge >= 0.3 is 0 Å². The number of hydrogen-bond donors (Lipinski definition) is 0. The van der Waals surface area contributed by atoms with Gasteiger partial charge in [0.2, 0.25) is 0 Å². The fourth-order valence-electron chi connectivity index (χ4n) is 4.50. The molecule has 0 saturated carbocycles. The molecule has 0 N–H and O–H groups in total. The fraction of sp³-hybridized carbons (Fsp3) is 0.200. The summed E-state index contributed by atoms with van der Waals surface area (Å²) in [4.78, 5) is 11.4. The number of ether oxygens (including phenoxy) is 3. The van der Waals surface area contributed by atoms with Gasteiger partial charge in [0.25, 0.3) is 5.69 Å². The first-order valence-electron chi connectivity index (χ1n) is 11.8. The largest absolute Gasteiger partial charge is 0.497 e. The van der Waals surface area contributed by atoms with Crippen molar-refractivity contribution >= 4 is 21.6 Å². The summed E-state index contributed by atoms with van der Waals surface area (Å²) >= 11 is 3.45. The van der Waals surface area contributed by atoms with Crippen molar-refractivity contribution in [1.29, 1.82) is 0 Å². The minimum Gasteiger partial charge on any atom is -0.497 e. The summed E-state index contributed by atoms with van der Waals surface area (Å²) in [6.07, 6.45) is 0. The summed E-state index contributed by atoms with van der Waals surface area (Å²) in [7, 11) is 3.26. The van der Waals surface area contributed by atoms with Gasteiger partial charge in [0, 0.05) is 22.0 Å². The molecule has 0 amide bonds. The number of benzene rings is 4. The van der Waals surface area contributed by atoms with E-state index in [0.29, 0.717) is 5.56 Å². The maximum absolute atomic E-state index is 11.7. The van der Waals surface area contributed by atoms with E-state index in [0.717, 1.165) is 32.7 Å². The Bertz CT molecular complexity index is 1290. The second-order valence-electron chi connectivity index (χ2n) is 8.68. The Morgan fingerprint density at radius 1 is 0.811 bits per heavy atom. The van der Waals surface area contributed by atoms with Crippen molar-refractivity contribution in [3.63, 3.8) is 0 Å². The van der Waals surface area contributed by atoms with Gasteiger partial charge in [-0.05, 0) is 53.1 Å². The molecule has 0 aliphatic carbocycles. The van der Waals surface area contributed by atoms with E-state index in [1.807, 2.05) is 85.8 Å². The van der Waals surface area contributed by atoms with Gasteiger partial charge in [0.15, 0.2) is 0 Å². The van der Waals surface area contributed by atoms with Crippen LogP contribution in [0.5, 0.6) is 11.5 Å². The summed E-state index contributed by atoms with van der Waals surface area (Å²) in [5.41, 5.74) is 2.42. The normalized spacial score (nSPS) is 12.1. The number of nitrogens with zero attached hydrogens (tertiary/aromatic N) is 1. The lowest BCUT2D eigenvalue weighted by molar-refractivity contribution is -0.385. The molecular formula is C30H28BrNO5. The Balaban J connectivity index is 1.85.